The zero-order chi connectivity index (χ0) is 20.3. The lowest BCUT2D eigenvalue weighted by atomic mass is 9.99. The summed E-state index contributed by atoms with van der Waals surface area (Å²) in [5.41, 5.74) is 1.13. The Bertz CT molecular complexity index is 816. The van der Waals surface area contributed by atoms with Crippen LogP contribution >= 0.6 is 0 Å². The van der Waals surface area contributed by atoms with Gasteiger partial charge in [-0.2, -0.15) is 4.31 Å². The van der Waals surface area contributed by atoms with Crippen molar-refractivity contribution in [3.63, 3.8) is 0 Å². The molecule has 2 amide bonds. The molecule has 2 aliphatic rings. The van der Waals surface area contributed by atoms with E-state index in [9.17, 15) is 18.0 Å². The average molecular weight is 411 g/mol. The topological polar surface area (TPSA) is 88.4 Å². The quantitative estimate of drug-likeness (QED) is 0.717. The van der Waals surface area contributed by atoms with Gasteiger partial charge in [0.25, 0.3) is 5.91 Å². The van der Waals surface area contributed by atoms with Gasteiger partial charge in [-0.1, -0.05) is 26.0 Å². The van der Waals surface area contributed by atoms with Crippen LogP contribution in [-0.4, -0.2) is 75.5 Å². The summed E-state index contributed by atoms with van der Waals surface area (Å²) in [6.45, 7) is 6.68. The van der Waals surface area contributed by atoms with E-state index in [4.69, 9.17) is 4.74 Å². The van der Waals surface area contributed by atoms with Crippen LogP contribution in [0.25, 0.3) is 0 Å². The Kier molecular flexibility index (Phi) is 6.36. The van der Waals surface area contributed by atoms with Crippen molar-refractivity contribution in [1.29, 1.82) is 0 Å². The number of benzene rings is 1. The van der Waals surface area contributed by atoms with Crippen LogP contribution in [0.2, 0.25) is 0 Å². The van der Waals surface area contributed by atoms with Crippen LogP contribution < -0.4 is 4.90 Å². The lowest BCUT2D eigenvalue weighted by molar-refractivity contribution is -0.895. The second kappa shape index (κ2) is 8.59. The Balaban J connectivity index is 1.57. The molecule has 8 nitrogen and oxygen atoms in total. The van der Waals surface area contributed by atoms with Crippen LogP contribution in [0.15, 0.2) is 29.2 Å². The third-order valence-electron chi connectivity index (χ3n) is 5.59. The predicted octanol–water partition coefficient (Wildman–Crippen LogP) is 0.0681. The number of ether oxygens (including phenoxy) is 1. The van der Waals surface area contributed by atoms with Gasteiger partial charge in [-0.3, -0.25) is 4.79 Å². The number of cyclic esters (lactones) is 1. The highest BCUT2D eigenvalue weighted by Crippen LogP contribution is 2.22. The molecule has 1 aromatic rings. The van der Waals surface area contributed by atoms with Crippen LogP contribution in [0.5, 0.6) is 0 Å². The average Bonchev–Trinajstić information content (AvgIpc) is 3.14. The molecule has 154 valence electrons. The Morgan fingerprint density at radius 1 is 1.18 bits per heavy atom. The molecule has 2 saturated heterocycles. The molecule has 0 spiro atoms. The standard InChI is InChI=1S/C19H27N3O5S/c1-3-15(2)16-4-6-17(7-5-16)28(25,26)21-10-8-20(9-11-21)14-18(23)22-12-13-27-19(22)24/h4-7,15H,3,8-14H2,1-2H3/p+1/t15-/m0/s1. The first-order valence-corrected chi connectivity index (χ1v) is 11.2. The smallest absolute Gasteiger partial charge is 0.416 e. The normalized spacial score (nSPS) is 20.2. The van der Waals surface area contributed by atoms with E-state index in [1.165, 1.54) is 4.31 Å². The van der Waals surface area contributed by atoms with Gasteiger partial charge >= 0.3 is 6.09 Å². The largest absolute Gasteiger partial charge is 0.447 e. The number of hydrogen-bond acceptors (Lipinski definition) is 5. The number of sulfonamides is 1. The van der Waals surface area contributed by atoms with E-state index in [0.717, 1.165) is 21.8 Å². The molecule has 1 atom stereocenters. The van der Waals surface area contributed by atoms with Crippen molar-refractivity contribution in [1.82, 2.24) is 9.21 Å². The Morgan fingerprint density at radius 2 is 1.82 bits per heavy atom. The van der Waals surface area contributed by atoms with Crippen LogP contribution in [0.3, 0.4) is 0 Å². The molecule has 2 fully saturated rings. The number of hydrogen-bond donors (Lipinski definition) is 1. The number of carbonyl (C=O) groups excluding carboxylic acids is 2. The number of rotatable bonds is 6. The van der Waals surface area contributed by atoms with Gasteiger partial charge in [0.1, 0.15) is 6.61 Å². The molecule has 0 saturated carbocycles. The van der Waals surface area contributed by atoms with Crippen molar-refractivity contribution < 1.29 is 27.6 Å². The van der Waals surface area contributed by atoms with Gasteiger partial charge in [0, 0.05) is 0 Å². The van der Waals surface area contributed by atoms with Gasteiger partial charge in [0.05, 0.1) is 37.6 Å². The molecule has 1 N–H and O–H groups in total. The van der Waals surface area contributed by atoms with Gasteiger partial charge in [-0.25, -0.2) is 18.1 Å². The minimum absolute atomic E-state index is 0.173. The van der Waals surface area contributed by atoms with Crippen molar-refractivity contribution in [3.05, 3.63) is 29.8 Å². The fourth-order valence-corrected chi connectivity index (χ4v) is 4.94. The fraction of sp³-hybridized carbons (Fsp3) is 0.579. The first-order chi connectivity index (χ1) is 13.3. The number of quaternary nitrogens is 1. The van der Waals surface area contributed by atoms with Crippen LogP contribution in [0.1, 0.15) is 31.7 Å². The van der Waals surface area contributed by atoms with E-state index >= 15 is 0 Å². The second-order valence-corrected chi connectivity index (χ2v) is 9.31. The highest BCUT2D eigenvalue weighted by atomic mass is 32.2. The minimum Gasteiger partial charge on any atom is -0.447 e. The Labute approximate surface area is 166 Å². The molecule has 0 radical (unpaired) electrons. The molecule has 1 aromatic carbocycles. The van der Waals surface area contributed by atoms with E-state index in [-0.39, 0.29) is 25.6 Å². The Hall–Kier alpha value is -1.97. The zero-order valence-corrected chi connectivity index (χ0v) is 17.2. The van der Waals surface area contributed by atoms with Crippen molar-refractivity contribution in [2.75, 3.05) is 45.9 Å². The summed E-state index contributed by atoms with van der Waals surface area (Å²) in [5.74, 6) is 0.128. The number of imide groups is 1. The monoisotopic (exact) mass is 410 g/mol. The molecule has 0 unspecified atom stereocenters. The molecule has 2 aliphatic heterocycles. The highest BCUT2D eigenvalue weighted by Gasteiger charge is 2.34. The molecule has 28 heavy (non-hydrogen) atoms. The molecule has 2 heterocycles. The number of amides is 2. The van der Waals surface area contributed by atoms with E-state index in [2.05, 4.69) is 13.8 Å². The summed E-state index contributed by atoms with van der Waals surface area (Å²) in [6, 6.07) is 7.13. The van der Waals surface area contributed by atoms with E-state index in [1.807, 2.05) is 12.1 Å². The molecule has 9 heteroatoms. The highest BCUT2D eigenvalue weighted by molar-refractivity contribution is 7.89. The Morgan fingerprint density at radius 3 is 2.36 bits per heavy atom. The van der Waals surface area contributed by atoms with Gasteiger partial charge < -0.3 is 9.64 Å². The molecular formula is C19H28N3O5S+. The van der Waals surface area contributed by atoms with Gasteiger partial charge in [-0.15, -0.1) is 0 Å². The first-order valence-electron chi connectivity index (χ1n) is 9.73. The fourth-order valence-electron chi connectivity index (χ4n) is 3.50. The van der Waals surface area contributed by atoms with Gasteiger partial charge in [0.15, 0.2) is 6.54 Å². The molecule has 3 rings (SSSR count). The third kappa shape index (κ3) is 4.37. The van der Waals surface area contributed by atoms with Crippen LogP contribution in [0, 0.1) is 0 Å². The summed E-state index contributed by atoms with van der Waals surface area (Å²) in [6.07, 6.45) is 0.413. The SMILES string of the molecule is CC[C@H](C)c1ccc(S(=O)(=O)N2CC[NH+](CC(=O)N3CCOC3=O)CC2)cc1. The number of piperazine rings is 1. The van der Waals surface area contributed by atoms with E-state index in [1.54, 1.807) is 12.1 Å². The molecule has 0 aromatic heterocycles. The first kappa shape index (κ1) is 20.8. The summed E-state index contributed by atoms with van der Waals surface area (Å²) in [7, 11) is -3.54. The number of nitrogens with zero attached hydrogens (tertiary/aromatic N) is 2. The molecular weight excluding hydrogens is 382 g/mol. The van der Waals surface area contributed by atoms with Crippen molar-refractivity contribution in [3.8, 4) is 0 Å². The minimum atomic E-state index is -3.54. The number of nitrogens with one attached hydrogen (secondary N) is 1. The predicted molar refractivity (Wildman–Crippen MR) is 103 cm³/mol. The second-order valence-electron chi connectivity index (χ2n) is 7.37. The summed E-state index contributed by atoms with van der Waals surface area (Å²) >= 11 is 0. The van der Waals surface area contributed by atoms with E-state index in [0.29, 0.717) is 37.0 Å². The van der Waals surface area contributed by atoms with Gasteiger partial charge in [0.2, 0.25) is 10.0 Å². The summed E-state index contributed by atoms with van der Waals surface area (Å²) in [4.78, 5) is 26.1. The molecule has 0 aliphatic carbocycles. The summed E-state index contributed by atoms with van der Waals surface area (Å²) in [5, 5.41) is 0. The van der Waals surface area contributed by atoms with Crippen molar-refractivity contribution in [2.24, 2.45) is 0 Å². The summed E-state index contributed by atoms with van der Waals surface area (Å²) < 4.78 is 32.1. The van der Waals surface area contributed by atoms with Gasteiger partial charge in [-0.05, 0) is 30.0 Å². The maximum Gasteiger partial charge on any atom is 0.416 e. The maximum atomic E-state index is 12.9. The lowest BCUT2D eigenvalue weighted by Crippen LogP contribution is -3.15. The maximum absolute atomic E-state index is 12.9. The van der Waals surface area contributed by atoms with E-state index < -0.39 is 16.1 Å². The third-order valence-corrected chi connectivity index (χ3v) is 7.50. The van der Waals surface area contributed by atoms with Crippen LogP contribution in [0.4, 0.5) is 4.79 Å². The molecule has 0 bridgehead atoms. The van der Waals surface area contributed by atoms with Crippen LogP contribution in [-0.2, 0) is 19.6 Å². The zero-order valence-electron chi connectivity index (χ0n) is 16.4. The van der Waals surface area contributed by atoms with Crippen molar-refractivity contribution >= 4 is 22.0 Å². The lowest BCUT2D eigenvalue weighted by Gasteiger charge is -2.31. The van der Waals surface area contributed by atoms with Crippen molar-refractivity contribution in [2.45, 2.75) is 31.1 Å². The number of carbonyl (C=O) groups is 2.